The summed E-state index contributed by atoms with van der Waals surface area (Å²) in [5.41, 5.74) is 6.89. The lowest BCUT2D eigenvalue weighted by Crippen LogP contribution is -2.38. The fourth-order valence-electron chi connectivity index (χ4n) is 2.40. The first-order valence-corrected chi connectivity index (χ1v) is 6.68. The number of methoxy groups -OCH3 is 1. The Bertz CT molecular complexity index is 571. The van der Waals surface area contributed by atoms with E-state index in [-0.39, 0.29) is 17.6 Å². The smallest absolute Gasteiger partial charge is 0.152 e. The maximum absolute atomic E-state index is 6.29. The minimum atomic E-state index is -0.325. The summed E-state index contributed by atoms with van der Waals surface area (Å²) in [4.78, 5) is 0. The predicted molar refractivity (Wildman–Crippen MR) is 78.4 cm³/mol. The first-order valence-electron chi connectivity index (χ1n) is 6.31. The van der Waals surface area contributed by atoms with Crippen LogP contribution >= 0.6 is 11.6 Å². The summed E-state index contributed by atoms with van der Waals surface area (Å²) in [7, 11) is 1.67. The molecule has 1 aromatic carbocycles. The molecule has 2 aromatic rings. The predicted octanol–water partition coefficient (Wildman–Crippen LogP) is 4.15. The van der Waals surface area contributed by atoms with Crippen molar-refractivity contribution in [2.75, 3.05) is 7.11 Å². The van der Waals surface area contributed by atoms with Crippen molar-refractivity contribution >= 4 is 22.6 Å². The van der Waals surface area contributed by atoms with Gasteiger partial charge in [0.25, 0.3) is 0 Å². The molecule has 0 bridgehead atoms. The average molecular weight is 282 g/mol. The first kappa shape index (κ1) is 14.4. The number of hydrogen-bond acceptors (Lipinski definition) is 3. The van der Waals surface area contributed by atoms with Crippen LogP contribution in [-0.4, -0.2) is 13.2 Å². The molecule has 1 heterocycles. The molecule has 2 rings (SSSR count). The van der Waals surface area contributed by atoms with Crippen LogP contribution < -0.4 is 5.73 Å². The van der Waals surface area contributed by atoms with Crippen molar-refractivity contribution in [2.24, 2.45) is 11.1 Å². The zero-order chi connectivity index (χ0) is 14.2. The van der Waals surface area contributed by atoms with E-state index in [0.717, 1.165) is 5.39 Å². The Labute approximate surface area is 118 Å². The molecule has 2 unspecified atom stereocenters. The minimum absolute atomic E-state index is 0.0725. The number of halogens is 1. The molecule has 1 aromatic heterocycles. The number of rotatable bonds is 3. The number of fused-ring (bicyclic) bond motifs is 1. The zero-order valence-electron chi connectivity index (χ0n) is 11.7. The highest BCUT2D eigenvalue weighted by molar-refractivity contribution is 6.34. The molecule has 0 saturated carbocycles. The summed E-state index contributed by atoms with van der Waals surface area (Å²) >= 11 is 6.11. The maximum Gasteiger partial charge on any atom is 0.152 e. The third kappa shape index (κ3) is 2.78. The normalized spacial score (nSPS) is 15.7. The van der Waals surface area contributed by atoms with E-state index in [0.29, 0.717) is 16.4 Å². The van der Waals surface area contributed by atoms with Crippen LogP contribution in [0, 0.1) is 5.41 Å². The van der Waals surface area contributed by atoms with E-state index in [1.54, 1.807) is 13.2 Å². The van der Waals surface area contributed by atoms with Crippen LogP contribution in [0.5, 0.6) is 0 Å². The highest BCUT2D eigenvalue weighted by Gasteiger charge is 2.33. The number of furan rings is 1. The molecule has 0 fully saturated rings. The largest absolute Gasteiger partial charge is 0.458 e. The highest BCUT2D eigenvalue weighted by atomic mass is 35.5. The van der Waals surface area contributed by atoms with Gasteiger partial charge in [0.15, 0.2) is 5.58 Å². The van der Waals surface area contributed by atoms with Crippen LogP contribution in [0.15, 0.2) is 28.7 Å². The van der Waals surface area contributed by atoms with Gasteiger partial charge in [0, 0.05) is 12.5 Å². The number of ether oxygens (including phenoxy) is 1. The topological polar surface area (TPSA) is 48.4 Å². The third-order valence-electron chi connectivity index (χ3n) is 3.28. The van der Waals surface area contributed by atoms with Crippen LogP contribution in [-0.2, 0) is 4.74 Å². The van der Waals surface area contributed by atoms with Crippen molar-refractivity contribution < 1.29 is 9.15 Å². The summed E-state index contributed by atoms with van der Waals surface area (Å²) in [5, 5.41) is 1.56. The van der Waals surface area contributed by atoms with Crippen molar-refractivity contribution in [3.05, 3.63) is 35.0 Å². The van der Waals surface area contributed by atoms with Crippen molar-refractivity contribution in [1.82, 2.24) is 0 Å². The van der Waals surface area contributed by atoms with Gasteiger partial charge in [0.2, 0.25) is 0 Å². The fourth-order valence-corrected chi connectivity index (χ4v) is 2.62. The van der Waals surface area contributed by atoms with Gasteiger partial charge < -0.3 is 14.9 Å². The molecule has 0 aliphatic rings. The molecule has 2 atom stereocenters. The monoisotopic (exact) mass is 281 g/mol. The van der Waals surface area contributed by atoms with Crippen molar-refractivity contribution in [3.8, 4) is 0 Å². The Hall–Kier alpha value is -1.03. The Balaban J connectivity index is 2.41. The van der Waals surface area contributed by atoms with Crippen LogP contribution in [0.2, 0.25) is 5.02 Å². The van der Waals surface area contributed by atoms with Gasteiger partial charge in [-0.05, 0) is 17.5 Å². The molecule has 0 saturated heterocycles. The second-order valence-electron chi connectivity index (χ2n) is 5.86. The summed E-state index contributed by atoms with van der Waals surface area (Å²) in [6.45, 7) is 6.28. The van der Waals surface area contributed by atoms with E-state index >= 15 is 0 Å². The highest BCUT2D eigenvalue weighted by Crippen LogP contribution is 2.35. The summed E-state index contributed by atoms with van der Waals surface area (Å²) < 4.78 is 11.3. The summed E-state index contributed by atoms with van der Waals surface area (Å²) in [5.74, 6) is 0.699. The fraction of sp³-hybridized carbons (Fsp3) is 0.467. The van der Waals surface area contributed by atoms with Gasteiger partial charge in [-0.1, -0.05) is 44.5 Å². The zero-order valence-corrected chi connectivity index (χ0v) is 12.5. The number of para-hydroxylation sites is 1. The van der Waals surface area contributed by atoms with Crippen molar-refractivity contribution in [3.63, 3.8) is 0 Å². The van der Waals surface area contributed by atoms with E-state index in [2.05, 4.69) is 20.8 Å². The lowest BCUT2D eigenvalue weighted by molar-refractivity contribution is -0.00667. The van der Waals surface area contributed by atoms with Crippen LogP contribution in [0.3, 0.4) is 0 Å². The van der Waals surface area contributed by atoms with E-state index in [1.165, 1.54) is 0 Å². The third-order valence-corrected chi connectivity index (χ3v) is 3.57. The van der Waals surface area contributed by atoms with Crippen LogP contribution in [0.1, 0.15) is 32.6 Å². The van der Waals surface area contributed by atoms with Gasteiger partial charge in [-0.25, -0.2) is 0 Å². The van der Waals surface area contributed by atoms with Gasteiger partial charge in [-0.15, -0.1) is 0 Å². The van der Waals surface area contributed by atoms with Gasteiger partial charge >= 0.3 is 0 Å². The summed E-state index contributed by atoms with van der Waals surface area (Å²) in [6, 6.07) is 7.27. The lowest BCUT2D eigenvalue weighted by Gasteiger charge is -2.32. The van der Waals surface area contributed by atoms with Crippen LogP contribution in [0.4, 0.5) is 0 Å². The standard InChI is InChI=1S/C15H20ClNO2/c1-15(2,3)14(18-4)12(17)11-8-9-6-5-7-10(16)13(9)19-11/h5-8,12,14H,17H2,1-4H3. The van der Waals surface area contributed by atoms with E-state index in [1.807, 2.05) is 18.2 Å². The Morgan fingerprint density at radius 3 is 2.53 bits per heavy atom. The number of hydrogen-bond donors (Lipinski definition) is 1. The Kier molecular flexibility index (Phi) is 3.90. The molecule has 3 nitrogen and oxygen atoms in total. The van der Waals surface area contributed by atoms with Crippen molar-refractivity contribution in [2.45, 2.75) is 32.9 Å². The van der Waals surface area contributed by atoms with E-state index in [9.17, 15) is 0 Å². The molecule has 0 amide bonds. The minimum Gasteiger partial charge on any atom is -0.458 e. The molecular weight excluding hydrogens is 262 g/mol. The molecule has 4 heteroatoms. The Morgan fingerprint density at radius 1 is 1.32 bits per heavy atom. The molecular formula is C15H20ClNO2. The second kappa shape index (κ2) is 5.16. The molecule has 2 N–H and O–H groups in total. The maximum atomic E-state index is 6.29. The summed E-state index contributed by atoms with van der Waals surface area (Å²) in [6.07, 6.45) is -0.133. The van der Waals surface area contributed by atoms with Gasteiger partial charge in [0.05, 0.1) is 17.2 Å². The molecule has 19 heavy (non-hydrogen) atoms. The number of benzene rings is 1. The molecule has 104 valence electrons. The first-order chi connectivity index (χ1) is 8.84. The van der Waals surface area contributed by atoms with Gasteiger partial charge in [0.1, 0.15) is 5.76 Å². The molecule has 0 aliphatic carbocycles. The lowest BCUT2D eigenvalue weighted by atomic mass is 9.84. The van der Waals surface area contributed by atoms with Crippen molar-refractivity contribution in [1.29, 1.82) is 0 Å². The Morgan fingerprint density at radius 2 is 2.00 bits per heavy atom. The molecule has 0 aliphatic heterocycles. The quantitative estimate of drug-likeness (QED) is 0.919. The average Bonchev–Trinajstić information content (AvgIpc) is 2.73. The van der Waals surface area contributed by atoms with E-state index in [4.69, 9.17) is 26.5 Å². The van der Waals surface area contributed by atoms with Gasteiger partial charge in [-0.3, -0.25) is 0 Å². The van der Waals surface area contributed by atoms with E-state index < -0.39 is 0 Å². The van der Waals surface area contributed by atoms with Crippen LogP contribution in [0.25, 0.3) is 11.0 Å². The second-order valence-corrected chi connectivity index (χ2v) is 6.26. The van der Waals surface area contributed by atoms with Gasteiger partial charge in [-0.2, -0.15) is 0 Å². The molecule has 0 spiro atoms. The molecule has 0 radical (unpaired) electrons. The number of nitrogens with two attached hydrogens (primary N) is 1. The SMILES string of the molecule is COC(C(N)c1cc2cccc(Cl)c2o1)C(C)(C)C.